The summed E-state index contributed by atoms with van der Waals surface area (Å²) in [6.45, 7) is 5.16. The van der Waals surface area contributed by atoms with Crippen molar-refractivity contribution in [3.63, 3.8) is 0 Å². The first-order valence-electron chi connectivity index (χ1n) is 6.51. The van der Waals surface area contributed by atoms with Crippen LogP contribution in [0.3, 0.4) is 0 Å². The van der Waals surface area contributed by atoms with Crippen molar-refractivity contribution in [1.29, 1.82) is 0 Å². The molecule has 6 heteroatoms. The van der Waals surface area contributed by atoms with Crippen LogP contribution in [0, 0.1) is 5.92 Å². The maximum atomic E-state index is 12.3. The van der Waals surface area contributed by atoms with Gasteiger partial charge in [0, 0.05) is 6.54 Å². The summed E-state index contributed by atoms with van der Waals surface area (Å²) in [6, 6.07) is 0. The number of nitrogens with zero attached hydrogens (tertiary/aromatic N) is 1. The van der Waals surface area contributed by atoms with Crippen LogP contribution >= 0.6 is 0 Å². The molecule has 1 aliphatic heterocycles. The first kappa shape index (κ1) is 13.8. The molecule has 0 aromatic carbocycles. The molecule has 104 valence electrons. The van der Waals surface area contributed by atoms with Crippen molar-refractivity contribution in [3.05, 3.63) is 0 Å². The predicted molar refractivity (Wildman–Crippen MR) is 69.3 cm³/mol. The molecule has 2 unspecified atom stereocenters. The van der Waals surface area contributed by atoms with Crippen molar-refractivity contribution in [2.24, 2.45) is 11.7 Å². The highest BCUT2D eigenvalue weighted by Gasteiger charge is 2.67. The van der Waals surface area contributed by atoms with E-state index in [1.165, 1.54) is 13.8 Å². The molecule has 1 aliphatic carbocycles. The normalized spacial score (nSPS) is 38.3. The number of carbonyl (C=O) groups excluding carboxylic acids is 1. The molecule has 1 heterocycles. The van der Waals surface area contributed by atoms with E-state index in [9.17, 15) is 13.2 Å². The summed E-state index contributed by atoms with van der Waals surface area (Å²) >= 11 is 0. The Labute approximate surface area is 109 Å². The van der Waals surface area contributed by atoms with Crippen LogP contribution < -0.4 is 5.73 Å². The van der Waals surface area contributed by atoms with E-state index in [0.717, 1.165) is 23.6 Å². The highest BCUT2D eigenvalue weighted by atomic mass is 32.2. The molecule has 2 atom stereocenters. The lowest BCUT2D eigenvalue weighted by atomic mass is 9.73. The van der Waals surface area contributed by atoms with Crippen molar-refractivity contribution < 1.29 is 13.2 Å². The molecule has 0 bridgehead atoms. The first-order valence-corrected chi connectivity index (χ1v) is 7.95. The van der Waals surface area contributed by atoms with E-state index in [1.54, 1.807) is 0 Å². The summed E-state index contributed by atoms with van der Waals surface area (Å²) < 4.78 is 24.5. The zero-order valence-corrected chi connectivity index (χ0v) is 12.1. The summed E-state index contributed by atoms with van der Waals surface area (Å²) in [6.07, 6.45) is 3.62. The number of sulfonamides is 1. The second-order valence-electron chi connectivity index (χ2n) is 6.04. The molecule has 2 N–H and O–H groups in total. The molecular formula is C12H22N2O3S. The second kappa shape index (κ2) is 3.93. The molecule has 1 saturated carbocycles. The van der Waals surface area contributed by atoms with Gasteiger partial charge >= 0.3 is 0 Å². The highest BCUT2D eigenvalue weighted by molar-refractivity contribution is 7.94. The summed E-state index contributed by atoms with van der Waals surface area (Å²) in [7, 11) is -3.55. The Morgan fingerprint density at radius 1 is 1.39 bits per heavy atom. The Hall–Kier alpha value is -0.620. The summed E-state index contributed by atoms with van der Waals surface area (Å²) in [5.74, 6) is -0.173. The third kappa shape index (κ3) is 1.42. The maximum absolute atomic E-state index is 12.3. The Morgan fingerprint density at radius 3 is 2.44 bits per heavy atom. The van der Waals surface area contributed by atoms with Crippen LogP contribution in [0.2, 0.25) is 0 Å². The fourth-order valence-corrected chi connectivity index (χ4v) is 5.09. The van der Waals surface area contributed by atoms with Gasteiger partial charge < -0.3 is 5.73 Å². The van der Waals surface area contributed by atoms with E-state index in [-0.39, 0.29) is 18.4 Å². The zero-order chi connectivity index (χ0) is 13.8. The summed E-state index contributed by atoms with van der Waals surface area (Å²) in [5.41, 5.74) is 5.16. The predicted octanol–water partition coefficient (Wildman–Crippen LogP) is 0.845. The van der Waals surface area contributed by atoms with E-state index in [2.05, 4.69) is 0 Å². The Balaban J connectivity index is 2.44. The zero-order valence-electron chi connectivity index (χ0n) is 11.3. The van der Waals surface area contributed by atoms with E-state index >= 15 is 0 Å². The third-order valence-electron chi connectivity index (χ3n) is 4.76. The van der Waals surface area contributed by atoms with Crippen molar-refractivity contribution in [1.82, 2.24) is 4.31 Å². The van der Waals surface area contributed by atoms with Gasteiger partial charge in [0.15, 0.2) is 4.75 Å². The Kier molecular flexibility index (Phi) is 3.02. The van der Waals surface area contributed by atoms with E-state index in [4.69, 9.17) is 5.73 Å². The highest BCUT2D eigenvalue weighted by Crippen LogP contribution is 2.47. The third-order valence-corrected chi connectivity index (χ3v) is 7.23. The van der Waals surface area contributed by atoms with Gasteiger partial charge in [-0.25, -0.2) is 12.7 Å². The van der Waals surface area contributed by atoms with Crippen molar-refractivity contribution in [2.75, 3.05) is 6.54 Å². The van der Waals surface area contributed by atoms with Crippen molar-refractivity contribution >= 4 is 15.9 Å². The molecule has 0 spiro atoms. The minimum absolute atomic E-state index is 0.131. The quantitative estimate of drug-likeness (QED) is 0.809. The standard InChI is InChI=1S/C12H22N2O3S/c1-9-6-4-5-7-12(9,8-13)14-10(15)11(2,3)18(14,16)17/h9H,4-8,13H2,1-3H3. The van der Waals surface area contributed by atoms with E-state index < -0.39 is 20.3 Å². The van der Waals surface area contributed by atoms with Crippen molar-refractivity contribution in [3.8, 4) is 0 Å². The molecule has 18 heavy (non-hydrogen) atoms. The number of hydrogen-bond acceptors (Lipinski definition) is 4. The first-order chi connectivity index (χ1) is 8.22. The van der Waals surface area contributed by atoms with Gasteiger partial charge in [-0.3, -0.25) is 4.79 Å². The lowest BCUT2D eigenvalue weighted by molar-refractivity contribution is -0.140. The van der Waals surface area contributed by atoms with Gasteiger partial charge in [-0.2, -0.15) is 0 Å². The van der Waals surface area contributed by atoms with Crippen LogP contribution in [0.25, 0.3) is 0 Å². The SMILES string of the molecule is CC1CCCCC1(CN)N1C(=O)C(C)(C)S1(=O)=O. The lowest BCUT2D eigenvalue weighted by Crippen LogP contribution is -2.77. The van der Waals surface area contributed by atoms with Crippen LogP contribution in [-0.4, -0.2) is 35.5 Å². The Morgan fingerprint density at radius 2 is 2.00 bits per heavy atom. The average Bonchev–Trinajstić information content (AvgIpc) is 2.31. The monoisotopic (exact) mass is 274 g/mol. The molecule has 0 aromatic heterocycles. The average molecular weight is 274 g/mol. The molecule has 0 radical (unpaired) electrons. The number of rotatable bonds is 2. The van der Waals surface area contributed by atoms with Crippen LogP contribution in [0.5, 0.6) is 0 Å². The lowest BCUT2D eigenvalue weighted by Gasteiger charge is -2.57. The largest absolute Gasteiger partial charge is 0.328 e. The van der Waals surface area contributed by atoms with Gasteiger partial charge in [0.1, 0.15) is 0 Å². The van der Waals surface area contributed by atoms with Gasteiger partial charge in [-0.05, 0) is 32.6 Å². The maximum Gasteiger partial charge on any atom is 0.259 e. The fourth-order valence-electron chi connectivity index (χ4n) is 3.18. The smallest absolute Gasteiger partial charge is 0.259 e. The van der Waals surface area contributed by atoms with Gasteiger partial charge in [0.2, 0.25) is 0 Å². The molecule has 1 saturated heterocycles. The van der Waals surface area contributed by atoms with Gasteiger partial charge in [0.25, 0.3) is 15.9 Å². The number of nitrogens with two attached hydrogens (primary N) is 1. The number of carbonyl (C=O) groups is 1. The molecule has 2 rings (SSSR count). The van der Waals surface area contributed by atoms with E-state index in [0.29, 0.717) is 6.42 Å². The molecular weight excluding hydrogens is 252 g/mol. The minimum Gasteiger partial charge on any atom is -0.328 e. The minimum atomic E-state index is -3.55. The topological polar surface area (TPSA) is 80.5 Å². The molecule has 1 amide bonds. The summed E-state index contributed by atoms with van der Waals surface area (Å²) in [4.78, 5) is 12.2. The number of hydrogen-bond donors (Lipinski definition) is 1. The molecule has 0 aromatic rings. The van der Waals surface area contributed by atoms with Gasteiger partial charge in [-0.1, -0.05) is 19.8 Å². The van der Waals surface area contributed by atoms with E-state index in [1.807, 2.05) is 6.92 Å². The van der Waals surface area contributed by atoms with Gasteiger partial charge in [0.05, 0.1) is 5.54 Å². The van der Waals surface area contributed by atoms with Crippen LogP contribution in [-0.2, 0) is 14.8 Å². The van der Waals surface area contributed by atoms with Crippen LogP contribution in [0.15, 0.2) is 0 Å². The van der Waals surface area contributed by atoms with Crippen LogP contribution in [0.4, 0.5) is 0 Å². The number of amides is 1. The fraction of sp³-hybridized carbons (Fsp3) is 0.917. The molecule has 2 fully saturated rings. The van der Waals surface area contributed by atoms with Crippen LogP contribution in [0.1, 0.15) is 46.5 Å². The van der Waals surface area contributed by atoms with Crippen molar-refractivity contribution in [2.45, 2.75) is 56.7 Å². The van der Waals surface area contributed by atoms with Gasteiger partial charge in [-0.15, -0.1) is 0 Å². The second-order valence-corrected chi connectivity index (χ2v) is 8.38. The summed E-state index contributed by atoms with van der Waals surface area (Å²) in [5, 5.41) is 0. The Bertz CT molecular complexity index is 472. The molecule has 5 nitrogen and oxygen atoms in total. The molecule has 2 aliphatic rings.